The molecule has 2 aromatic rings. The van der Waals surface area contributed by atoms with Crippen molar-refractivity contribution >= 4 is 27.5 Å². The monoisotopic (exact) mass is 290 g/mol. The van der Waals surface area contributed by atoms with Gasteiger partial charge >= 0.3 is 0 Å². The van der Waals surface area contributed by atoms with Crippen molar-refractivity contribution in [1.29, 1.82) is 0 Å². The van der Waals surface area contributed by atoms with Crippen LogP contribution in [0.5, 0.6) is 0 Å². The zero-order valence-electron chi connectivity index (χ0n) is 11.3. The van der Waals surface area contributed by atoms with E-state index in [0.717, 1.165) is 35.9 Å². The summed E-state index contributed by atoms with van der Waals surface area (Å²) in [7, 11) is 0. The Morgan fingerprint density at radius 3 is 2.90 bits per heavy atom. The molecular weight excluding hydrogens is 272 g/mol. The molecule has 1 saturated carbocycles. The van der Waals surface area contributed by atoms with Gasteiger partial charge in [0.1, 0.15) is 0 Å². The number of amides is 1. The van der Waals surface area contributed by atoms with Crippen LogP contribution < -0.4 is 5.32 Å². The first-order chi connectivity index (χ1) is 9.72. The van der Waals surface area contributed by atoms with Crippen LogP contribution in [0.4, 0.5) is 0 Å². The number of nitrogens with one attached hydrogen (secondary N) is 1. The van der Waals surface area contributed by atoms with Crippen LogP contribution in [0.15, 0.2) is 23.7 Å². The van der Waals surface area contributed by atoms with E-state index < -0.39 is 5.54 Å². The number of fused-ring (bicyclic) bond motifs is 1. The van der Waals surface area contributed by atoms with Crippen LogP contribution in [0, 0.1) is 0 Å². The fraction of sp³-hybridized carbons (Fsp3) is 0.467. The number of benzene rings is 1. The van der Waals surface area contributed by atoms with Crippen molar-refractivity contribution in [2.24, 2.45) is 0 Å². The second-order valence-electron chi connectivity index (χ2n) is 5.49. The van der Waals surface area contributed by atoms with Crippen molar-refractivity contribution in [2.75, 3.05) is 6.61 Å². The zero-order chi connectivity index (χ0) is 14.0. The van der Waals surface area contributed by atoms with E-state index >= 15 is 0 Å². The highest BCUT2D eigenvalue weighted by molar-refractivity contribution is 7.16. The van der Waals surface area contributed by atoms with Crippen molar-refractivity contribution in [2.45, 2.75) is 37.6 Å². The van der Waals surface area contributed by atoms with Crippen LogP contribution in [0.1, 0.15) is 42.5 Å². The molecule has 1 amide bonds. The summed E-state index contributed by atoms with van der Waals surface area (Å²) in [4.78, 5) is 16.6. The lowest BCUT2D eigenvalue weighted by Crippen LogP contribution is -2.52. The Kier molecular flexibility index (Phi) is 3.72. The number of carbonyl (C=O) groups excluding carboxylic acids is 1. The number of aromatic nitrogens is 1. The zero-order valence-corrected chi connectivity index (χ0v) is 12.1. The molecule has 0 unspecified atom stereocenters. The number of aliphatic hydroxyl groups is 1. The number of thiazole rings is 1. The van der Waals surface area contributed by atoms with Gasteiger partial charge in [0.05, 0.1) is 27.9 Å². The second-order valence-corrected chi connectivity index (χ2v) is 6.37. The van der Waals surface area contributed by atoms with Gasteiger partial charge in [-0.2, -0.15) is 0 Å². The molecule has 20 heavy (non-hydrogen) atoms. The smallest absolute Gasteiger partial charge is 0.251 e. The number of hydrogen-bond donors (Lipinski definition) is 2. The molecule has 0 spiro atoms. The Morgan fingerprint density at radius 1 is 1.35 bits per heavy atom. The lowest BCUT2D eigenvalue weighted by atomic mass is 9.82. The van der Waals surface area contributed by atoms with Gasteiger partial charge < -0.3 is 10.4 Å². The average Bonchev–Trinajstić information content (AvgIpc) is 2.95. The molecule has 1 aromatic carbocycles. The Morgan fingerprint density at radius 2 is 2.15 bits per heavy atom. The van der Waals surface area contributed by atoms with Crippen LogP contribution in [0.25, 0.3) is 10.2 Å². The summed E-state index contributed by atoms with van der Waals surface area (Å²) in [6, 6.07) is 5.54. The van der Waals surface area contributed by atoms with Crippen LogP contribution in [-0.4, -0.2) is 28.1 Å². The third kappa shape index (κ3) is 2.55. The average molecular weight is 290 g/mol. The van der Waals surface area contributed by atoms with Crippen LogP contribution in [0.3, 0.4) is 0 Å². The standard InChI is InChI=1S/C15H18N2O2S/c18-9-15(6-2-1-3-7-15)17-14(19)11-4-5-12-13(8-11)20-10-16-12/h4-5,8,10,18H,1-3,6-7,9H2,(H,17,19). The van der Waals surface area contributed by atoms with E-state index in [1.54, 1.807) is 11.6 Å². The van der Waals surface area contributed by atoms with Crippen LogP contribution in [-0.2, 0) is 0 Å². The molecule has 0 atom stereocenters. The van der Waals surface area contributed by atoms with Gasteiger partial charge in [0.2, 0.25) is 0 Å². The van der Waals surface area contributed by atoms with E-state index in [2.05, 4.69) is 10.3 Å². The molecule has 4 nitrogen and oxygen atoms in total. The van der Waals surface area contributed by atoms with E-state index in [0.29, 0.717) is 5.56 Å². The van der Waals surface area contributed by atoms with E-state index in [4.69, 9.17) is 0 Å². The van der Waals surface area contributed by atoms with Gasteiger partial charge in [-0.25, -0.2) is 4.98 Å². The number of aliphatic hydroxyl groups excluding tert-OH is 1. The van der Waals surface area contributed by atoms with Gasteiger partial charge in [0, 0.05) is 5.56 Å². The molecule has 1 aliphatic carbocycles. The molecule has 106 valence electrons. The summed E-state index contributed by atoms with van der Waals surface area (Å²) in [6.07, 6.45) is 5.03. The Labute approximate surface area is 121 Å². The Balaban J connectivity index is 1.80. The van der Waals surface area contributed by atoms with E-state index in [1.807, 2.05) is 12.1 Å². The predicted octanol–water partition coefficient (Wildman–Crippen LogP) is 2.72. The summed E-state index contributed by atoms with van der Waals surface area (Å²) in [5.74, 6) is -0.101. The normalized spacial score (nSPS) is 18.1. The fourth-order valence-corrected chi connectivity index (χ4v) is 3.58. The highest BCUT2D eigenvalue weighted by atomic mass is 32.1. The van der Waals surface area contributed by atoms with Gasteiger partial charge in [0.25, 0.3) is 5.91 Å². The maximum Gasteiger partial charge on any atom is 0.251 e. The molecule has 3 rings (SSSR count). The Bertz CT molecular complexity index is 617. The molecule has 0 bridgehead atoms. The largest absolute Gasteiger partial charge is 0.394 e. The second kappa shape index (κ2) is 5.50. The van der Waals surface area contributed by atoms with Crippen molar-refractivity contribution in [3.8, 4) is 0 Å². The van der Waals surface area contributed by atoms with Crippen molar-refractivity contribution in [1.82, 2.24) is 10.3 Å². The summed E-state index contributed by atoms with van der Waals surface area (Å²) in [6.45, 7) is 0.0154. The Hall–Kier alpha value is -1.46. The SMILES string of the molecule is O=C(NC1(CO)CCCCC1)c1ccc2ncsc2c1. The summed E-state index contributed by atoms with van der Waals surface area (Å²) in [5, 5.41) is 12.7. The van der Waals surface area contributed by atoms with E-state index in [1.165, 1.54) is 17.8 Å². The minimum absolute atomic E-state index is 0.0154. The molecule has 2 N–H and O–H groups in total. The van der Waals surface area contributed by atoms with Crippen molar-refractivity contribution in [3.63, 3.8) is 0 Å². The molecule has 1 aliphatic rings. The van der Waals surface area contributed by atoms with Gasteiger partial charge in [0.15, 0.2) is 0 Å². The molecule has 0 radical (unpaired) electrons. The molecule has 1 aromatic heterocycles. The van der Waals surface area contributed by atoms with Crippen LogP contribution >= 0.6 is 11.3 Å². The highest BCUT2D eigenvalue weighted by Crippen LogP contribution is 2.28. The minimum Gasteiger partial charge on any atom is -0.394 e. The lowest BCUT2D eigenvalue weighted by molar-refractivity contribution is 0.0759. The number of hydrogen-bond acceptors (Lipinski definition) is 4. The minimum atomic E-state index is -0.433. The molecule has 1 fully saturated rings. The number of carbonyl (C=O) groups is 1. The fourth-order valence-electron chi connectivity index (χ4n) is 2.86. The highest BCUT2D eigenvalue weighted by Gasteiger charge is 2.33. The summed E-state index contributed by atoms with van der Waals surface area (Å²) >= 11 is 1.53. The summed E-state index contributed by atoms with van der Waals surface area (Å²) < 4.78 is 1.01. The number of nitrogens with zero attached hydrogens (tertiary/aromatic N) is 1. The first kappa shape index (κ1) is 13.5. The maximum atomic E-state index is 12.4. The first-order valence-electron chi connectivity index (χ1n) is 6.99. The van der Waals surface area contributed by atoms with E-state index in [-0.39, 0.29) is 12.5 Å². The lowest BCUT2D eigenvalue weighted by Gasteiger charge is -2.36. The quantitative estimate of drug-likeness (QED) is 0.913. The maximum absolute atomic E-state index is 12.4. The van der Waals surface area contributed by atoms with Crippen molar-refractivity contribution in [3.05, 3.63) is 29.3 Å². The molecule has 0 aliphatic heterocycles. The van der Waals surface area contributed by atoms with Crippen LogP contribution in [0.2, 0.25) is 0 Å². The van der Waals surface area contributed by atoms with Crippen molar-refractivity contribution < 1.29 is 9.90 Å². The van der Waals surface area contributed by atoms with E-state index in [9.17, 15) is 9.90 Å². The van der Waals surface area contributed by atoms with Gasteiger partial charge in [-0.15, -0.1) is 11.3 Å². The predicted molar refractivity (Wildman–Crippen MR) is 80.0 cm³/mol. The van der Waals surface area contributed by atoms with Gasteiger partial charge in [-0.1, -0.05) is 19.3 Å². The molecule has 0 saturated heterocycles. The topological polar surface area (TPSA) is 62.2 Å². The molecular formula is C15H18N2O2S. The third-order valence-electron chi connectivity index (χ3n) is 4.09. The molecule has 5 heteroatoms. The molecule has 1 heterocycles. The number of rotatable bonds is 3. The summed E-state index contributed by atoms with van der Waals surface area (Å²) in [5.41, 5.74) is 2.90. The van der Waals surface area contributed by atoms with Gasteiger partial charge in [-0.05, 0) is 31.0 Å². The third-order valence-corrected chi connectivity index (χ3v) is 4.88. The van der Waals surface area contributed by atoms with Gasteiger partial charge in [-0.3, -0.25) is 4.79 Å². The first-order valence-corrected chi connectivity index (χ1v) is 7.87.